The van der Waals surface area contributed by atoms with E-state index in [-0.39, 0.29) is 0 Å². The molecule has 0 spiro atoms. The lowest BCUT2D eigenvalue weighted by Crippen LogP contribution is -2.47. The van der Waals surface area contributed by atoms with Crippen molar-refractivity contribution in [3.63, 3.8) is 0 Å². The van der Waals surface area contributed by atoms with Crippen molar-refractivity contribution in [3.05, 3.63) is 41.7 Å². The van der Waals surface area contributed by atoms with Crippen molar-refractivity contribution < 1.29 is 0 Å². The van der Waals surface area contributed by atoms with Crippen LogP contribution < -0.4 is 15.5 Å². The van der Waals surface area contributed by atoms with Gasteiger partial charge in [0.15, 0.2) is 5.82 Å². The molecule has 1 saturated heterocycles. The van der Waals surface area contributed by atoms with Crippen molar-refractivity contribution in [2.24, 2.45) is 0 Å². The van der Waals surface area contributed by atoms with E-state index in [2.05, 4.69) is 44.0 Å². The highest BCUT2D eigenvalue weighted by Crippen LogP contribution is 2.28. The quantitative estimate of drug-likeness (QED) is 0.917. The third-order valence-corrected chi connectivity index (χ3v) is 3.86. The van der Waals surface area contributed by atoms with Crippen LogP contribution in [0.1, 0.15) is 0 Å². The van der Waals surface area contributed by atoms with E-state index in [4.69, 9.17) is 17.3 Å². The average molecular weight is 290 g/mol. The second-order valence-corrected chi connectivity index (χ2v) is 5.08. The monoisotopic (exact) mass is 289 g/mol. The molecule has 1 aromatic carbocycles. The zero-order valence-electron chi connectivity index (χ0n) is 11.0. The van der Waals surface area contributed by atoms with Crippen LogP contribution in [-0.4, -0.2) is 36.1 Å². The number of benzene rings is 1. The van der Waals surface area contributed by atoms with E-state index in [0.29, 0.717) is 10.8 Å². The van der Waals surface area contributed by atoms with Crippen molar-refractivity contribution in [2.45, 2.75) is 0 Å². The molecule has 1 aliphatic heterocycles. The fourth-order valence-electron chi connectivity index (χ4n) is 2.41. The molecule has 0 radical (unpaired) electrons. The van der Waals surface area contributed by atoms with E-state index >= 15 is 0 Å². The Morgan fingerprint density at radius 3 is 2.30 bits per heavy atom. The van der Waals surface area contributed by atoms with Crippen LogP contribution >= 0.6 is 11.6 Å². The summed E-state index contributed by atoms with van der Waals surface area (Å²) >= 11 is 6.17. The molecule has 2 heterocycles. The van der Waals surface area contributed by atoms with Crippen LogP contribution in [-0.2, 0) is 0 Å². The number of para-hydroxylation sites is 1. The molecule has 2 aromatic rings. The number of aromatic nitrogens is 2. The summed E-state index contributed by atoms with van der Waals surface area (Å²) in [5.41, 5.74) is 6.98. The van der Waals surface area contributed by atoms with Crippen LogP contribution in [0, 0.1) is 0 Å². The maximum Gasteiger partial charge on any atom is 0.153 e. The lowest BCUT2D eigenvalue weighted by atomic mass is 10.2. The summed E-state index contributed by atoms with van der Waals surface area (Å²) in [7, 11) is 0. The van der Waals surface area contributed by atoms with Gasteiger partial charge in [0.1, 0.15) is 17.2 Å². The molecule has 0 saturated carbocycles. The second-order valence-electron chi connectivity index (χ2n) is 4.71. The third kappa shape index (κ3) is 2.49. The molecule has 6 heteroatoms. The van der Waals surface area contributed by atoms with E-state index in [9.17, 15) is 0 Å². The third-order valence-electron chi connectivity index (χ3n) is 3.50. The molecule has 5 nitrogen and oxygen atoms in total. The van der Waals surface area contributed by atoms with Crippen LogP contribution in [0.5, 0.6) is 0 Å². The summed E-state index contributed by atoms with van der Waals surface area (Å²) in [6.45, 7) is 3.60. The van der Waals surface area contributed by atoms with Crippen LogP contribution in [0.3, 0.4) is 0 Å². The van der Waals surface area contributed by atoms with Crippen molar-refractivity contribution in [1.82, 2.24) is 9.97 Å². The molecule has 2 N–H and O–H groups in total. The van der Waals surface area contributed by atoms with Gasteiger partial charge in [-0.2, -0.15) is 0 Å². The van der Waals surface area contributed by atoms with E-state index in [1.54, 1.807) is 0 Å². The Kier molecular flexibility index (Phi) is 3.60. The minimum atomic E-state index is 0.335. The highest BCUT2D eigenvalue weighted by molar-refractivity contribution is 6.35. The van der Waals surface area contributed by atoms with Gasteiger partial charge in [-0.1, -0.05) is 29.8 Å². The highest BCUT2D eigenvalue weighted by Gasteiger charge is 2.21. The first-order valence-corrected chi connectivity index (χ1v) is 6.94. The minimum Gasteiger partial charge on any atom is -0.382 e. The Labute approximate surface area is 123 Å². The summed E-state index contributed by atoms with van der Waals surface area (Å²) in [5.74, 6) is 1.06. The van der Waals surface area contributed by atoms with Gasteiger partial charge in [0, 0.05) is 31.9 Å². The maximum atomic E-state index is 6.17. The van der Waals surface area contributed by atoms with Gasteiger partial charge in [0.25, 0.3) is 0 Å². The standard InChI is InChI=1S/C14H16ClN5/c15-12-13(16)17-10-18-14(12)20-8-6-19(7-9-20)11-4-2-1-3-5-11/h1-5,10H,6-9H2,(H2,16,17,18). The number of rotatable bonds is 2. The van der Waals surface area contributed by atoms with Crippen molar-refractivity contribution >= 4 is 28.9 Å². The first-order valence-electron chi connectivity index (χ1n) is 6.56. The molecular formula is C14H16ClN5. The molecular weight excluding hydrogens is 274 g/mol. The molecule has 0 aliphatic carbocycles. The van der Waals surface area contributed by atoms with Gasteiger partial charge in [0.05, 0.1) is 0 Å². The molecule has 0 amide bonds. The molecule has 104 valence electrons. The molecule has 1 aromatic heterocycles. The number of halogens is 1. The Balaban J connectivity index is 1.71. The molecule has 20 heavy (non-hydrogen) atoms. The number of piperazine rings is 1. The summed E-state index contributed by atoms with van der Waals surface area (Å²) in [4.78, 5) is 12.6. The van der Waals surface area contributed by atoms with E-state index in [1.165, 1.54) is 12.0 Å². The largest absolute Gasteiger partial charge is 0.382 e. The number of nitrogens with two attached hydrogens (primary N) is 1. The Hall–Kier alpha value is -2.01. The molecule has 1 fully saturated rings. The number of nitrogen functional groups attached to an aromatic ring is 1. The molecule has 1 aliphatic rings. The van der Waals surface area contributed by atoms with Gasteiger partial charge >= 0.3 is 0 Å². The number of hydrogen-bond donors (Lipinski definition) is 1. The van der Waals surface area contributed by atoms with E-state index in [0.717, 1.165) is 32.0 Å². The zero-order chi connectivity index (χ0) is 13.9. The summed E-state index contributed by atoms with van der Waals surface area (Å²) < 4.78 is 0. The summed E-state index contributed by atoms with van der Waals surface area (Å²) in [5, 5.41) is 0.445. The highest BCUT2D eigenvalue weighted by atomic mass is 35.5. The Morgan fingerprint density at radius 1 is 0.950 bits per heavy atom. The number of nitrogens with zero attached hydrogens (tertiary/aromatic N) is 4. The Morgan fingerprint density at radius 2 is 1.60 bits per heavy atom. The first kappa shape index (κ1) is 13.0. The van der Waals surface area contributed by atoms with Crippen LogP contribution in [0.2, 0.25) is 5.02 Å². The van der Waals surface area contributed by atoms with E-state index < -0.39 is 0 Å². The van der Waals surface area contributed by atoms with Crippen LogP contribution in [0.25, 0.3) is 0 Å². The van der Waals surface area contributed by atoms with Gasteiger partial charge in [-0.25, -0.2) is 9.97 Å². The lowest BCUT2D eigenvalue weighted by Gasteiger charge is -2.37. The predicted octanol–water partition coefficient (Wildman–Crippen LogP) is 2.04. The zero-order valence-corrected chi connectivity index (χ0v) is 11.8. The fourth-order valence-corrected chi connectivity index (χ4v) is 2.63. The second kappa shape index (κ2) is 5.54. The predicted molar refractivity (Wildman–Crippen MR) is 82.3 cm³/mol. The molecule has 0 unspecified atom stereocenters. The average Bonchev–Trinajstić information content (AvgIpc) is 2.51. The van der Waals surface area contributed by atoms with Gasteiger partial charge in [-0.15, -0.1) is 0 Å². The minimum absolute atomic E-state index is 0.335. The van der Waals surface area contributed by atoms with Crippen LogP contribution in [0.4, 0.5) is 17.3 Å². The normalized spacial score (nSPS) is 15.4. The fraction of sp³-hybridized carbons (Fsp3) is 0.286. The summed E-state index contributed by atoms with van der Waals surface area (Å²) in [6.07, 6.45) is 1.46. The van der Waals surface area contributed by atoms with E-state index in [1.807, 2.05) is 6.07 Å². The smallest absolute Gasteiger partial charge is 0.153 e. The Bertz CT molecular complexity index is 581. The maximum absolute atomic E-state index is 6.17. The molecule has 0 bridgehead atoms. The lowest BCUT2D eigenvalue weighted by molar-refractivity contribution is 0.647. The molecule has 3 rings (SSSR count). The van der Waals surface area contributed by atoms with Gasteiger partial charge < -0.3 is 15.5 Å². The first-order chi connectivity index (χ1) is 9.75. The van der Waals surface area contributed by atoms with Crippen LogP contribution in [0.15, 0.2) is 36.7 Å². The van der Waals surface area contributed by atoms with Gasteiger partial charge in [-0.3, -0.25) is 0 Å². The van der Waals surface area contributed by atoms with Crippen molar-refractivity contribution in [2.75, 3.05) is 41.7 Å². The van der Waals surface area contributed by atoms with Gasteiger partial charge in [0.2, 0.25) is 0 Å². The van der Waals surface area contributed by atoms with Gasteiger partial charge in [-0.05, 0) is 12.1 Å². The number of anilines is 3. The van der Waals surface area contributed by atoms with Crippen molar-refractivity contribution in [3.8, 4) is 0 Å². The topological polar surface area (TPSA) is 58.3 Å². The number of hydrogen-bond acceptors (Lipinski definition) is 5. The summed E-state index contributed by atoms with van der Waals surface area (Å²) in [6, 6.07) is 10.4. The SMILES string of the molecule is Nc1ncnc(N2CCN(c3ccccc3)CC2)c1Cl. The molecule has 0 atom stereocenters. The van der Waals surface area contributed by atoms with Crippen molar-refractivity contribution in [1.29, 1.82) is 0 Å².